The topological polar surface area (TPSA) is 88.7 Å². The maximum absolute atomic E-state index is 12.9. The highest BCUT2D eigenvalue weighted by molar-refractivity contribution is 6.30. The Morgan fingerprint density at radius 2 is 1.38 bits per heavy atom. The van der Waals surface area contributed by atoms with Crippen LogP contribution in [0.4, 0.5) is 13.2 Å². The monoisotopic (exact) mass is 669 g/mol. The van der Waals surface area contributed by atoms with Crippen LogP contribution >= 0.6 is 11.6 Å². The first-order chi connectivity index (χ1) is 22.5. The molecule has 0 fully saturated rings. The van der Waals surface area contributed by atoms with E-state index < -0.39 is 17.8 Å². The van der Waals surface area contributed by atoms with Crippen LogP contribution in [0.5, 0.6) is 11.5 Å². The van der Waals surface area contributed by atoms with E-state index in [1.54, 1.807) is 51.5 Å². The van der Waals surface area contributed by atoms with Gasteiger partial charge >= 0.3 is 6.18 Å². The summed E-state index contributed by atoms with van der Waals surface area (Å²) >= 11 is 6.03. The maximum Gasteiger partial charge on any atom is 0.416 e. The van der Waals surface area contributed by atoms with Crippen molar-refractivity contribution in [3.05, 3.63) is 130 Å². The summed E-state index contributed by atoms with van der Waals surface area (Å²) in [5, 5.41) is 9.23. The number of likely N-dealkylation sites (N-methyl/N-ethyl adjacent to an activating group) is 2. The zero-order valence-electron chi connectivity index (χ0n) is 26.7. The Labute approximate surface area is 278 Å². The minimum atomic E-state index is -4.39. The number of methoxy groups -OCH3 is 2. The van der Waals surface area contributed by atoms with Gasteiger partial charge in [0.15, 0.2) is 11.5 Å². The Balaban J connectivity index is 0.000000461. The molecule has 0 aromatic heterocycles. The predicted octanol–water partition coefficient (Wildman–Crippen LogP) is 7.10. The van der Waals surface area contributed by atoms with Gasteiger partial charge in [-0.3, -0.25) is 14.9 Å². The van der Waals surface area contributed by atoms with E-state index in [0.29, 0.717) is 35.8 Å². The standard InChI is InChI=1S/C27H28ClF3N2O3.C9H11NO/c1-32-26(34)25(18-7-12-21(28)13-8-18)33-22(19-9-15-23(35-2)24(16-19)36-3)14-6-17-4-10-20(11-5-17)27(29,30)31;1-10-9(11)7-8-5-3-2-4-6-8/h4-5,7-13,15-16,22,25,33H,6,14H2,1-3H3,(H,32,34);2-6H,7H2,1H3,(H,10,11)/t22-,25+;/m0./s1. The number of alkyl halides is 3. The molecule has 250 valence electrons. The van der Waals surface area contributed by atoms with Crippen molar-refractivity contribution in [1.29, 1.82) is 0 Å². The molecule has 7 nitrogen and oxygen atoms in total. The van der Waals surface area contributed by atoms with Crippen LogP contribution in [-0.2, 0) is 28.6 Å². The lowest BCUT2D eigenvalue weighted by Gasteiger charge is -2.26. The fourth-order valence-electron chi connectivity index (χ4n) is 4.78. The van der Waals surface area contributed by atoms with Crippen LogP contribution in [0, 0.1) is 0 Å². The normalized spacial score (nSPS) is 12.2. The molecule has 0 bridgehead atoms. The first-order valence-corrected chi connectivity index (χ1v) is 15.2. The second kappa shape index (κ2) is 18.0. The van der Waals surface area contributed by atoms with E-state index in [1.807, 2.05) is 42.5 Å². The number of hydrogen-bond acceptors (Lipinski definition) is 5. The van der Waals surface area contributed by atoms with Crippen molar-refractivity contribution < 1.29 is 32.2 Å². The Hall–Kier alpha value is -4.54. The van der Waals surface area contributed by atoms with Crippen molar-refractivity contribution in [2.75, 3.05) is 28.3 Å². The molecule has 47 heavy (non-hydrogen) atoms. The van der Waals surface area contributed by atoms with Crippen LogP contribution in [-0.4, -0.2) is 40.1 Å². The van der Waals surface area contributed by atoms with Crippen LogP contribution in [0.2, 0.25) is 5.02 Å². The molecule has 11 heteroatoms. The molecule has 2 atom stereocenters. The Kier molecular flexibility index (Phi) is 14.1. The Morgan fingerprint density at radius 3 is 1.94 bits per heavy atom. The van der Waals surface area contributed by atoms with Gasteiger partial charge in [-0.2, -0.15) is 13.2 Å². The zero-order chi connectivity index (χ0) is 34.4. The number of amides is 2. The number of halogens is 4. The molecule has 0 aliphatic heterocycles. The van der Waals surface area contributed by atoms with Crippen LogP contribution < -0.4 is 25.4 Å². The molecule has 0 aliphatic rings. The Morgan fingerprint density at radius 1 is 0.766 bits per heavy atom. The smallest absolute Gasteiger partial charge is 0.416 e. The zero-order valence-corrected chi connectivity index (χ0v) is 27.4. The van der Waals surface area contributed by atoms with Crippen molar-refractivity contribution in [3.63, 3.8) is 0 Å². The number of hydrogen-bond donors (Lipinski definition) is 3. The van der Waals surface area contributed by atoms with Gasteiger partial charge in [-0.05, 0) is 71.5 Å². The quantitative estimate of drug-likeness (QED) is 0.150. The summed E-state index contributed by atoms with van der Waals surface area (Å²) in [7, 11) is 6.28. The van der Waals surface area contributed by atoms with Gasteiger partial charge in [-0.15, -0.1) is 0 Å². The molecular formula is C36H39ClF3N3O4. The van der Waals surface area contributed by atoms with Gasteiger partial charge in [-0.1, -0.05) is 72.3 Å². The van der Waals surface area contributed by atoms with Crippen LogP contribution in [0.1, 0.15) is 46.3 Å². The first kappa shape index (κ1) is 36.9. The van der Waals surface area contributed by atoms with Crippen LogP contribution in [0.15, 0.2) is 97.1 Å². The van der Waals surface area contributed by atoms with Crippen molar-refractivity contribution in [2.45, 2.75) is 37.5 Å². The number of aryl methyl sites for hydroxylation is 1. The number of ether oxygens (including phenoxy) is 2. The van der Waals surface area contributed by atoms with Crippen molar-refractivity contribution >= 4 is 23.4 Å². The van der Waals surface area contributed by atoms with Crippen LogP contribution in [0.25, 0.3) is 0 Å². The molecule has 0 heterocycles. The molecule has 0 unspecified atom stereocenters. The van der Waals surface area contributed by atoms with Gasteiger partial charge in [0, 0.05) is 25.2 Å². The number of benzene rings is 4. The summed E-state index contributed by atoms with van der Waals surface area (Å²) in [5.74, 6) is 0.899. The highest BCUT2D eigenvalue weighted by atomic mass is 35.5. The number of carbonyl (C=O) groups excluding carboxylic acids is 2. The highest BCUT2D eigenvalue weighted by Gasteiger charge is 2.30. The number of carbonyl (C=O) groups is 2. The molecule has 3 N–H and O–H groups in total. The predicted molar refractivity (Wildman–Crippen MR) is 178 cm³/mol. The summed E-state index contributed by atoms with van der Waals surface area (Å²) in [6.07, 6.45) is -2.94. The highest BCUT2D eigenvalue weighted by Crippen LogP contribution is 2.34. The number of rotatable bonds is 12. The van der Waals surface area contributed by atoms with E-state index >= 15 is 0 Å². The van der Waals surface area contributed by atoms with E-state index in [9.17, 15) is 22.8 Å². The molecule has 0 aliphatic carbocycles. The minimum absolute atomic E-state index is 0.0520. The van der Waals surface area contributed by atoms with Crippen molar-refractivity contribution in [2.24, 2.45) is 0 Å². The summed E-state index contributed by atoms with van der Waals surface area (Å²) in [4.78, 5) is 23.7. The number of nitrogens with one attached hydrogen (secondary N) is 3. The molecule has 2 amide bonds. The lowest BCUT2D eigenvalue weighted by atomic mass is 9.95. The molecule has 4 aromatic rings. The fraction of sp³-hybridized carbons (Fsp3) is 0.278. The summed E-state index contributed by atoms with van der Waals surface area (Å²) in [6, 6.07) is 26.2. The molecule has 0 radical (unpaired) electrons. The van der Waals surface area contributed by atoms with Gasteiger partial charge < -0.3 is 20.1 Å². The average molecular weight is 670 g/mol. The van der Waals surface area contributed by atoms with E-state index in [1.165, 1.54) is 19.2 Å². The van der Waals surface area contributed by atoms with Crippen molar-refractivity contribution in [1.82, 2.24) is 16.0 Å². The molecule has 4 aromatic carbocycles. The molecular weight excluding hydrogens is 631 g/mol. The fourth-order valence-corrected chi connectivity index (χ4v) is 4.91. The second-order valence-corrected chi connectivity index (χ2v) is 10.9. The van der Waals surface area contributed by atoms with E-state index in [4.69, 9.17) is 21.1 Å². The van der Waals surface area contributed by atoms with Crippen molar-refractivity contribution in [3.8, 4) is 11.5 Å². The van der Waals surface area contributed by atoms with E-state index in [-0.39, 0.29) is 17.9 Å². The third kappa shape index (κ3) is 11.3. The third-order valence-electron chi connectivity index (χ3n) is 7.38. The lowest BCUT2D eigenvalue weighted by Crippen LogP contribution is -2.38. The summed E-state index contributed by atoms with van der Waals surface area (Å²) < 4.78 is 49.6. The van der Waals surface area contributed by atoms with Gasteiger partial charge in [0.25, 0.3) is 0 Å². The van der Waals surface area contributed by atoms with Gasteiger partial charge in [0.2, 0.25) is 11.8 Å². The molecule has 4 rings (SSSR count). The van der Waals surface area contributed by atoms with E-state index in [2.05, 4.69) is 16.0 Å². The maximum atomic E-state index is 12.9. The second-order valence-electron chi connectivity index (χ2n) is 10.5. The van der Waals surface area contributed by atoms with Gasteiger partial charge in [0.1, 0.15) is 6.04 Å². The van der Waals surface area contributed by atoms with Crippen LogP contribution in [0.3, 0.4) is 0 Å². The van der Waals surface area contributed by atoms with Gasteiger partial charge in [0.05, 0.1) is 26.2 Å². The summed E-state index contributed by atoms with van der Waals surface area (Å²) in [5.41, 5.74) is 2.66. The Bertz CT molecular complexity index is 1570. The summed E-state index contributed by atoms with van der Waals surface area (Å²) in [6.45, 7) is 0. The third-order valence-corrected chi connectivity index (χ3v) is 7.63. The lowest BCUT2D eigenvalue weighted by molar-refractivity contribution is -0.137. The average Bonchev–Trinajstić information content (AvgIpc) is 3.08. The first-order valence-electron chi connectivity index (χ1n) is 14.8. The minimum Gasteiger partial charge on any atom is -0.493 e. The SMILES string of the molecule is CNC(=O)Cc1ccccc1.CNC(=O)[C@H](N[C@@H](CCc1ccc(C(F)(F)F)cc1)c1ccc(OC)c(OC)c1)c1ccc(Cl)cc1. The molecule has 0 saturated carbocycles. The molecule has 0 saturated heterocycles. The van der Waals surface area contributed by atoms with E-state index in [0.717, 1.165) is 34.4 Å². The molecule has 0 spiro atoms. The van der Waals surface area contributed by atoms with Gasteiger partial charge in [-0.25, -0.2) is 0 Å². The largest absolute Gasteiger partial charge is 0.493 e.